The molecule has 0 amide bonds. The number of benzene rings is 1. The molecule has 0 bridgehead atoms. The third-order valence-corrected chi connectivity index (χ3v) is 7.49. The zero-order chi connectivity index (χ0) is 15.0. The number of aryl methyl sites for hydroxylation is 1. The lowest BCUT2D eigenvalue weighted by atomic mass is 10.1. The highest BCUT2D eigenvalue weighted by Gasteiger charge is 2.25. The summed E-state index contributed by atoms with van der Waals surface area (Å²) < 4.78 is 24.3. The van der Waals surface area contributed by atoms with Gasteiger partial charge in [0.1, 0.15) is 9.84 Å². The van der Waals surface area contributed by atoms with Gasteiger partial charge in [0.2, 0.25) is 0 Å². The van der Waals surface area contributed by atoms with E-state index >= 15 is 0 Å². The van der Waals surface area contributed by atoms with Crippen LogP contribution in [-0.4, -0.2) is 26.0 Å². The van der Waals surface area contributed by atoms with Crippen molar-refractivity contribution in [2.75, 3.05) is 11.5 Å². The minimum Gasteiger partial charge on any atom is -0.307 e. The number of fused-ring (bicyclic) bond motifs is 1. The predicted octanol–water partition coefficient (Wildman–Crippen LogP) is 3.44. The van der Waals surface area contributed by atoms with Crippen LogP contribution in [0.15, 0.2) is 24.3 Å². The van der Waals surface area contributed by atoms with Gasteiger partial charge in [0, 0.05) is 21.7 Å². The fourth-order valence-corrected chi connectivity index (χ4v) is 5.81. The maximum Gasteiger partial charge on any atom is 0.150 e. The largest absolute Gasteiger partial charge is 0.307 e. The Labute approximate surface area is 130 Å². The van der Waals surface area contributed by atoms with E-state index in [0.717, 1.165) is 12.8 Å². The molecule has 0 aliphatic carbocycles. The van der Waals surface area contributed by atoms with E-state index in [-0.39, 0.29) is 6.04 Å². The van der Waals surface area contributed by atoms with E-state index in [9.17, 15) is 8.42 Å². The van der Waals surface area contributed by atoms with Gasteiger partial charge in [-0.3, -0.25) is 0 Å². The van der Waals surface area contributed by atoms with Crippen molar-refractivity contribution < 1.29 is 8.42 Å². The van der Waals surface area contributed by atoms with Gasteiger partial charge in [0.05, 0.1) is 11.5 Å². The van der Waals surface area contributed by atoms with E-state index in [1.165, 1.54) is 20.5 Å². The molecule has 1 aliphatic rings. The molecular formula is C16H21NO2S2. The van der Waals surface area contributed by atoms with Crippen molar-refractivity contribution in [2.45, 2.75) is 38.8 Å². The lowest BCUT2D eigenvalue weighted by molar-refractivity contribution is 0.422. The van der Waals surface area contributed by atoms with Crippen molar-refractivity contribution >= 4 is 31.3 Å². The second kappa shape index (κ2) is 5.71. The number of sulfone groups is 1. The second-order valence-corrected chi connectivity index (χ2v) is 9.29. The van der Waals surface area contributed by atoms with Crippen LogP contribution in [-0.2, 0) is 9.84 Å². The van der Waals surface area contributed by atoms with E-state index < -0.39 is 9.84 Å². The lowest BCUT2D eigenvalue weighted by Gasteiger charge is -2.26. The van der Waals surface area contributed by atoms with Crippen molar-refractivity contribution in [2.24, 2.45) is 0 Å². The van der Waals surface area contributed by atoms with Crippen molar-refractivity contribution in [3.8, 4) is 0 Å². The van der Waals surface area contributed by atoms with Gasteiger partial charge in [-0.25, -0.2) is 8.42 Å². The van der Waals surface area contributed by atoms with Crippen LogP contribution < -0.4 is 5.32 Å². The molecule has 1 aromatic heterocycles. The third kappa shape index (κ3) is 3.15. The zero-order valence-corrected chi connectivity index (χ0v) is 14.1. The van der Waals surface area contributed by atoms with Gasteiger partial charge < -0.3 is 5.32 Å². The molecular weight excluding hydrogens is 302 g/mol. The van der Waals surface area contributed by atoms with Crippen LogP contribution in [0.2, 0.25) is 0 Å². The average molecular weight is 323 g/mol. The van der Waals surface area contributed by atoms with Gasteiger partial charge in [-0.2, -0.15) is 0 Å². The van der Waals surface area contributed by atoms with E-state index in [4.69, 9.17) is 0 Å². The SMILES string of the molecule is Cc1c(C(C)NC2CCS(=O)(=O)CC2)sc2ccccc12. The van der Waals surface area contributed by atoms with E-state index in [1.54, 1.807) is 0 Å². The molecule has 1 N–H and O–H groups in total. The van der Waals surface area contributed by atoms with E-state index in [2.05, 4.69) is 43.4 Å². The fourth-order valence-electron chi connectivity index (χ4n) is 3.09. The Bertz CT molecular complexity index is 735. The van der Waals surface area contributed by atoms with Crippen LogP contribution in [0.25, 0.3) is 10.1 Å². The Morgan fingerprint density at radius 2 is 1.90 bits per heavy atom. The Kier molecular flexibility index (Phi) is 4.08. The summed E-state index contributed by atoms with van der Waals surface area (Å²) in [7, 11) is -2.78. The maximum absolute atomic E-state index is 11.5. The second-order valence-electron chi connectivity index (χ2n) is 5.90. The molecule has 2 aromatic rings. The quantitative estimate of drug-likeness (QED) is 0.941. The number of thiophene rings is 1. The summed E-state index contributed by atoms with van der Waals surface area (Å²) in [4.78, 5) is 1.37. The minimum atomic E-state index is -2.78. The molecule has 1 fully saturated rings. The van der Waals surface area contributed by atoms with Gasteiger partial charge in [-0.05, 0) is 43.7 Å². The highest BCUT2D eigenvalue weighted by Crippen LogP contribution is 2.35. The van der Waals surface area contributed by atoms with Gasteiger partial charge in [-0.1, -0.05) is 18.2 Å². The van der Waals surface area contributed by atoms with E-state index in [0.29, 0.717) is 17.5 Å². The molecule has 1 atom stereocenters. The molecule has 0 spiro atoms. The van der Waals surface area contributed by atoms with Crippen molar-refractivity contribution in [1.82, 2.24) is 5.32 Å². The first kappa shape index (κ1) is 15.0. The highest BCUT2D eigenvalue weighted by molar-refractivity contribution is 7.91. The Hall–Kier alpha value is -0.910. The Balaban J connectivity index is 1.75. The standard InChI is InChI=1S/C16H21NO2S2/c1-11-14-5-3-4-6-15(14)20-16(11)12(2)17-13-7-9-21(18,19)10-8-13/h3-6,12-13,17H,7-10H2,1-2H3. The fraction of sp³-hybridized carbons (Fsp3) is 0.500. The number of hydrogen-bond acceptors (Lipinski definition) is 4. The Morgan fingerprint density at radius 3 is 2.57 bits per heavy atom. The molecule has 1 saturated heterocycles. The van der Waals surface area contributed by atoms with Crippen molar-refractivity contribution in [3.63, 3.8) is 0 Å². The Morgan fingerprint density at radius 1 is 1.24 bits per heavy atom. The molecule has 0 saturated carbocycles. The minimum absolute atomic E-state index is 0.271. The summed E-state index contributed by atoms with van der Waals surface area (Å²) in [5.74, 6) is 0.644. The summed E-state index contributed by atoms with van der Waals surface area (Å²) in [6, 6.07) is 9.07. The molecule has 1 aliphatic heterocycles. The van der Waals surface area contributed by atoms with Crippen LogP contribution in [0.5, 0.6) is 0 Å². The number of rotatable bonds is 3. The van der Waals surface area contributed by atoms with Crippen molar-refractivity contribution in [3.05, 3.63) is 34.7 Å². The van der Waals surface area contributed by atoms with Crippen LogP contribution in [0.3, 0.4) is 0 Å². The smallest absolute Gasteiger partial charge is 0.150 e. The summed E-state index contributed by atoms with van der Waals surface area (Å²) in [6.45, 7) is 4.36. The molecule has 1 unspecified atom stereocenters. The molecule has 114 valence electrons. The number of nitrogens with one attached hydrogen (secondary N) is 1. The molecule has 1 aromatic carbocycles. The molecule has 3 nitrogen and oxygen atoms in total. The van der Waals surface area contributed by atoms with Gasteiger partial charge in [0.15, 0.2) is 0 Å². The van der Waals surface area contributed by atoms with Crippen molar-refractivity contribution in [1.29, 1.82) is 0 Å². The van der Waals surface area contributed by atoms with Crippen LogP contribution in [0.4, 0.5) is 0 Å². The lowest BCUT2D eigenvalue weighted by Crippen LogP contribution is -2.38. The first-order valence-electron chi connectivity index (χ1n) is 7.41. The summed E-state index contributed by atoms with van der Waals surface area (Å²) in [6.07, 6.45) is 1.47. The van der Waals surface area contributed by atoms with Crippen LogP contribution in [0.1, 0.15) is 36.2 Å². The normalized spacial score (nSPS) is 20.7. The highest BCUT2D eigenvalue weighted by atomic mass is 32.2. The summed E-state index contributed by atoms with van der Waals surface area (Å²) in [5, 5.41) is 4.95. The molecule has 3 rings (SSSR count). The predicted molar refractivity (Wildman–Crippen MR) is 89.8 cm³/mol. The maximum atomic E-state index is 11.5. The molecule has 2 heterocycles. The topological polar surface area (TPSA) is 46.2 Å². The molecule has 0 radical (unpaired) electrons. The summed E-state index contributed by atoms with van der Waals surface area (Å²) >= 11 is 1.84. The van der Waals surface area contributed by atoms with Gasteiger partial charge >= 0.3 is 0 Å². The monoisotopic (exact) mass is 323 g/mol. The van der Waals surface area contributed by atoms with Crippen LogP contribution >= 0.6 is 11.3 Å². The van der Waals surface area contributed by atoms with Gasteiger partial charge in [-0.15, -0.1) is 11.3 Å². The zero-order valence-electron chi connectivity index (χ0n) is 12.4. The first-order valence-corrected chi connectivity index (χ1v) is 10.0. The third-order valence-electron chi connectivity index (χ3n) is 4.31. The van der Waals surface area contributed by atoms with Crippen LogP contribution in [0, 0.1) is 6.92 Å². The number of hydrogen-bond donors (Lipinski definition) is 1. The first-order chi connectivity index (χ1) is 9.96. The van der Waals surface area contributed by atoms with Gasteiger partial charge in [0.25, 0.3) is 0 Å². The molecule has 21 heavy (non-hydrogen) atoms. The average Bonchev–Trinajstić information content (AvgIpc) is 2.79. The summed E-state index contributed by atoms with van der Waals surface area (Å²) in [5.41, 5.74) is 1.35. The molecule has 5 heteroatoms. The van der Waals surface area contributed by atoms with E-state index in [1.807, 2.05) is 11.3 Å².